The van der Waals surface area contributed by atoms with E-state index in [1.54, 1.807) is 0 Å². The van der Waals surface area contributed by atoms with Crippen molar-refractivity contribution in [1.82, 2.24) is 10.2 Å². The Morgan fingerprint density at radius 2 is 2.07 bits per heavy atom. The fraction of sp³-hybridized carbons (Fsp3) is 0. The smallest absolute Gasteiger partial charge is 0.167 e. The Bertz CT molecular complexity index is 508. The van der Waals surface area contributed by atoms with Gasteiger partial charge in [-0.2, -0.15) is 5.10 Å². The Morgan fingerprint density at radius 3 is 2.73 bits per heavy atom. The number of carbonyl (C=O) groups excluding carboxylic acids is 1. The molecule has 3 nitrogen and oxygen atoms in total. The normalized spacial score (nSPS) is 10.3. The van der Waals surface area contributed by atoms with Crippen LogP contribution in [-0.2, 0) is 0 Å². The van der Waals surface area contributed by atoms with Crippen LogP contribution < -0.4 is 0 Å². The zero-order valence-corrected chi connectivity index (χ0v) is 7.50. The predicted molar refractivity (Wildman–Crippen MR) is 49.3 cm³/mol. The van der Waals surface area contributed by atoms with E-state index in [0.717, 1.165) is 18.2 Å². The third-order valence-corrected chi connectivity index (χ3v) is 1.93. The van der Waals surface area contributed by atoms with Gasteiger partial charge in [-0.3, -0.25) is 9.89 Å². The molecular weight excluding hydrogens is 202 g/mol. The Morgan fingerprint density at radius 1 is 1.27 bits per heavy atom. The lowest BCUT2D eigenvalue weighted by atomic mass is 10.1. The average Bonchev–Trinajstić information content (AvgIpc) is 2.70. The van der Waals surface area contributed by atoms with Gasteiger partial charge in [0.15, 0.2) is 6.29 Å². The van der Waals surface area contributed by atoms with E-state index in [0.29, 0.717) is 6.29 Å². The molecule has 15 heavy (non-hydrogen) atoms. The number of aromatic nitrogens is 2. The first-order chi connectivity index (χ1) is 7.20. The quantitative estimate of drug-likeness (QED) is 0.768. The number of carbonyl (C=O) groups is 1. The number of aromatic amines is 1. The summed E-state index contributed by atoms with van der Waals surface area (Å²) in [5.74, 6) is -1.14. The van der Waals surface area contributed by atoms with Crippen LogP contribution in [0.25, 0.3) is 11.3 Å². The minimum absolute atomic E-state index is 0.0272. The summed E-state index contributed by atoms with van der Waals surface area (Å²) in [4.78, 5) is 10.4. The third-order valence-electron chi connectivity index (χ3n) is 1.93. The Balaban J connectivity index is 2.52. The molecule has 1 aromatic carbocycles. The molecule has 0 amide bonds. The van der Waals surface area contributed by atoms with E-state index in [1.165, 1.54) is 6.07 Å². The molecule has 0 saturated carbocycles. The van der Waals surface area contributed by atoms with Crippen LogP contribution in [0.2, 0.25) is 0 Å². The zero-order valence-electron chi connectivity index (χ0n) is 7.50. The van der Waals surface area contributed by atoms with E-state index in [-0.39, 0.29) is 17.0 Å². The second-order valence-electron chi connectivity index (χ2n) is 2.95. The molecule has 0 saturated heterocycles. The first-order valence-corrected chi connectivity index (χ1v) is 4.16. The summed E-state index contributed by atoms with van der Waals surface area (Å²) < 4.78 is 26.1. The van der Waals surface area contributed by atoms with Gasteiger partial charge in [0.05, 0.1) is 11.4 Å². The predicted octanol–water partition coefficient (Wildman–Crippen LogP) is 2.17. The van der Waals surface area contributed by atoms with Crippen LogP contribution in [0.5, 0.6) is 0 Å². The molecule has 0 aliphatic heterocycles. The third kappa shape index (κ3) is 1.76. The maximum absolute atomic E-state index is 13.3. The number of halogens is 2. The van der Waals surface area contributed by atoms with Crippen molar-refractivity contribution in [1.29, 1.82) is 0 Å². The number of nitrogens with zero attached hydrogens (tertiary/aromatic N) is 1. The molecule has 2 rings (SSSR count). The van der Waals surface area contributed by atoms with Crippen molar-refractivity contribution in [3.63, 3.8) is 0 Å². The fourth-order valence-corrected chi connectivity index (χ4v) is 1.23. The van der Waals surface area contributed by atoms with Crippen molar-refractivity contribution in [2.75, 3.05) is 0 Å². The topological polar surface area (TPSA) is 45.8 Å². The van der Waals surface area contributed by atoms with Crippen molar-refractivity contribution in [2.24, 2.45) is 0 Å². The second-order valence-corrected chi connectivity index (χ2v) is 2.95. The summed E-state index contributed by atoms with van der Waals surface area (Å²) in [6, 6.07) is 4.41. The van der Waals surface area contributed by atoms with Crippen molar-refractivity contribution < 1.29 is 13.6 Å². The van der Waals surface area contributed by atoms with Gasteiger partial charge in [0.1, 0.15) is 11.6 Å². The van der Waals surface area contributed by atoms with E-state index < -0.39 is 11.6 Å². The number of benzene rings is 1. The van der Waals surface area contributed by atoms with Gasteiger partial charge in [-0.25, -0.2) is 8.78 Å². The SMILES string of the molecule is O=Cc1cc(-c2cc(F)ccc2F)n[nH]1. The molecule has 0 radical (unpaired) electrons. The molecule has 0 aliphatic carbocycles. The number of H-pyrrole nitrogens is 1. The van der Waals surface area contributed by atoms with E-state index in [1.807, 2.05) is 0 Å². The highest BCUT2D eigenvalue weighted by Crippen LogP contribution is 2.21. The maximum Gasteiger partial charge on any atom is 0.167 e. The first-order valence-electron chi connectivity index (χ1n) is 4.16. The number of hydrogen-bond acceptors (Lipinski definition) is 2. The Hall–Kier alpha value is -2.04. The monoisotopic (exact) mass is 208 g/mol. The highest BCUT2D eigenvalue weighted by molar-refractivity contribution is 5.75. The summed E-state index contributed by atoms with van der Waals surface area (Å²) in [5, 5.41) is 6.09. The average molecular weight is 208 g/mol. The van der Waals surface area contributed by atoms with Gasteiger partial charge in [-0.1, -0.05) is 0 Å². The molecule has 0 atom stereocenters. The summed E-state index contributed by atoms with van der Waals surface area (Å²) >= 11 is 0. The van der Waals surface area contributed by atoms with Gasteiger partial charge >= 0.3 is 0 Å². The van der Waals surface area contributed by atoms with E-state index in [9.17, 15) is 13.6 Å². The largest absolute Gasteiger partial charge is 0.296 e. The molecule has 1 N–H and O–H groups in total. The van der Waals surface area contributed by atoms with Crippen LogP contribution in [-0.4, -0.2) is 16.5 Å². The molecule has 0 unspecified atom stereocenters. The van der Waals surface area contributed by atoms with Gasteiger partial charge in [0.2, 0.25) is 0 Å². The molecular formula is C10H6F2N2O. The van der Waals surface area contributed by atoms with Crippen LogP contribution in [0.15, 0.2) is 24.3 Å². The molecule has 76 valence electrons. The van der Waals surface area contributed by atoms with Crippen molar-refractivity contribution >= 4 is 6.29 Å². The summed E-state index contributed by atoms with van der Waals surface area (Å²) in [7, 11) is 0. The summed E-state index contributed by atoms with van der Waals surface area (Å²) in [5.41, 5.74) is 0.446. The van der Waals surface area contributed by atoms with E-state index >= 15 is 0 Å². The van der Waals surface area contributed by atoms with Crippen molar-refractivity contribution in [3.8, 4) is 11.3 Å². The van der Waals surface area contributed by atoms with Crippen LogP contribution in [0, 0.1) is 11.6 Å². The van der Waals surface area contributed by atoms with E-state index in [2.05, 4.69) is 10.2 Å². The number of nitrogens with one attached hydrogen (secondary N) is 1. The van der Waals surface area contributed by atoms with Gasteiger partial charge in [0, 0.05) is 5.56 Å². The highest BCUT2D eigenvalue weighted by atomic mass is 19.1. The molecule has 0 aliphatic rings. The zero-order chi connectivity index (χ0) is 10.8. The fourth-order valence-electron chi connectivity index (χ4n) is 1.23. The minimum Gasteiger partial charge on any atom is -0.296 e. The van der Waals surface area contributed by atoms with E-state index in [4.69, 9.17) is 0 Å². The molecule has 0 fully saturated rings. The lowest BCUT2D eigenvalue weighted by molar-refractivity contribution is 0.111. The van der Waals surface area contributed by atoms with Crippen LogP contribution in [0.3, 0.4) is 0 Å². The first kappa shape index (κ1) is 9.51. The summed E-state index contributed by atoms with van der Waals surface area (Å²) in [6.45, 7) is 0. The summed E-state index contributed by atoms with van der Waals surface area (Å²) in [6.07, 6.45) is 0.549. The van der Waals surface area contributed by atoms with Gasteiger partial charge < -0.3 is 0 Å². The highest BCUT2D eigenvalue weighted by Gasteiger charge is 2.09. The van der Waals surface area contributed by atoms with Crippen LogP contribution in [0.1, 0.15) is 10.5 Å². The Kier molecular flexibility index (Phi) is 2.29. The van der Waals surface area contributed by atoms with Crippen molar-refractivity contribution in [3.05, 3.63) is 41.6 Å². The second kappa shape index (κ2) is 3.61. The lowest BCUT2D eigenvalue weighted by Crippen LogP contribution is -1.86. The van der Waals surface area contributed by atoms with Crippen LogP contribution in [0.4, 0.5) is 8.78 Å². The molecule has 1 aromatic heterocycles. The standard InChI is InChI=1S/C10H6F2N2O/c11-6-1-2-9(12)8(3-6)10-4-7(5-15)13-14-10/h1-5H,(H,13,14). The molecule has 0 bridgehead atoms. The van der Waals surface area contributed by atoms with Crippen molar-refractivity contribution in [2.45, 2.75) is 0 Å². The number of hydrogen-bond donors (Lipinski definition) is 1. The molecule has 5 heteroatoms. The van der Waals surface area contributed by atoms with Gasteiger partial charge in [-0.05, 0) is 24.3 Å². The lowest BCUT2D eigenvalue weighted by Gasteiger charge is -1.98. The van der Waals surface area contributed by atoms with Crippen LogP contribution >= 0.6 is 0 Å². The number of rotatable bonds is 2. The number of aldehydes is 1. The minimum atomic E-state index is -0.583. The molecule has 2 aromatic rings. The maximum atomic E-state index is 13.3. The molecule has 0 spiro atoms. The molecule has 1 heterocycles. The van der Waals surface area contributed by atoms with Gasteiger partial charge in [-0.15, -0.1) is 0 Å². The Labute approximate surface area is 83.7 Å². The van der Waals surface area contributed by atoms with Gasteiger partial charge in [0.25, 0.3) is 0 Å².